The van der Waals surface area contributed by atoms with Crippen LogP contribution >= 0.6 is 0 Å². The van der Waals surface area contributed by atoms with Crippen LogP contribution in [0.25, 0.3) is 0 Å². The molecule has 0 aliphatic heterocycles. The number of hydrogen-bond donors (Lipinski definition) is 0. The van der Waals surface area contributed by atoms with Gasteiger partial charge in [-0.25, -0.2) is 0 Å². The van der Waals surface area contributed by atoms with Crippen molar-refractivity contribution in [1.82, 2.24) is 0 Å². The van der Waals surface area contributed by atoms with E-state index in [0.717, 1.165) is 50.6 Å². The Morgan fingerprint density at radius 1 is 0.387 bits per heavy atom. The maximum absolute atomic E-state index is 6.62. The molecule has 0 aliphatic carbocycles. The van der Waals surface area contributed by atoms with Crippen molar-refractivity contribution in [1.29, 1.82) is 0 Å². The van der Waals surface area contributed by atoms with Crippen molar-refractivity contribution in [3.8, 4) is 17.2 Å². The van der Waals surface area contributed by atoms with E-state index in [-0.39, 0.29) is 0 Å². The molecule has 0 spiro atoms. The molecule has 0 saturated heterocycles. The molecule has 0 aromatic heterocycles. The number of aryl methyl sites for hydroxylation is 6. The van der Waals surface area contributed by atoms with Gasteiger partial charge in [0.15, 0.2) is 0 Å². The first kappa shape index (κ1) is 23.6. The van der Waals surface area contributed by atoms with Crippen molar-refractivity contribution in [2.75, 3.05) is 0 Å². The van der Waals surface area contributed by atoms with Gasteiger partial charge in [0.05, 0.1) is 0 Å². The van der Waals surface area contributed by atoms with Gasteiger partial charge >= 0.3 is 198 Å². The quantitative estimate of drug-likeness (QED) is 0.281. The molecule has 0 saturated carbocycles. The average molecular weight is 615 g/mol. The van der Waals surface area contributed by atoms with Gasteiger partial charge in [-0.15, -0.1) is 0 Å². The third-order valence-corrected chi connectivity index (χ3v) is 9.99. The van der Waals surface area contributed by atoms with E-state index in [4.69, 9.17) is 8.44 Å². The third kappa shape index (κ3) is 5.06. The molecule has 3 aromatic rings. The van der Waals surface area contributed by atoms with Gasteiger partial charge in [0.25, 0.3) is 0 Å². The molecule has 0 atom stereocenters. The molecule has 0 bridgehead atoms. The van der Waals surface area contributed by atoms with Crippen LogP contribution in [0.2, 0.25) is 0 Å². The Bertz CT molecular complexity index is 977. The van der Waals surface area contributed by atoms with Gasteiger partial charge < -0.3 is 0 Å². The van der Waals surface area contributed by atoms with Crippen LogP contribution in [0.4, 0.5) is 0 Å². The van der Waals surface area contributed by atoms with Crippen LogP contribution in [0.15, 0.2) is 36.4 Å². The van der Waals surface area contributed by atoms with Crippen LogP contribution in [0, 0.1) is 62.3 Å². The molecule has 4 heteroatoms. The van der Waals surface area contributed by atoms with Crippen molar-refractivity contribution in [2.24, 2.45) is 0 Å². The van der Waals surface area contributed by atoms with E-state index >= 15 is 0 Å². The maximum atomic E-state index is 6.62. The summed E-state index contributed by atoms with van der Waals surface area (Å²) in [6, 6.07) is 12.7. The van der Waals surface area contributed by atoms with Gasteiger partial charge in [0.2, 0.25) is 0 Å². The zero-order valence-electron chi connectivity index (χ0n) is 20.1. The Kier molecular flexibility index (Phi) is 7.32. The molecule has 0 radical (unpaired) electrons. The van der Waals surface area contributed by atoms with Crippen molar-refractivity contribution in [2.45, 2.75) is 62.3 Å². The Hall–Kier alpha value is -2.06. The summed E-state index contributed by atoms with van der Waals surface area (Å²) < 4.78 is 19.9. The van der Waals surface area contributed by atoms with Crippen LogP contribution in [0.5, 0.6) is 17.2 Å². The van der Waals surface area contributed by atoms with E-state index in [9.17, 15) is 0 Å². The first-order valence-corrected chi connectivity index (χ1v) is 14.9. The molecular weight excluding hydrogens is 581 g/mol. The molecule has 3 aromatic carbocycles. The molecule has 164 valence electrons. The standard InChI is InChI=1S/3C9H12O.Bi/c3*1-6-4-5-7(2)9(10)8(6)3;/h3*4-5,10H,1-3H3;/q;;;+3/p-3. The van der Waals surface area contributed by atoms with Crippen LogP contribution < -0.4 is 8.44 Å². The second-order valence-electron chi connectivity index (χ2n) is 8.46. The summed E-state index contributed by atoms with van der Waals surface area (Å²) in [4.78, 5) is 0. The fourth-order valence-corrected chi connectivity index (χ4v) is 8.93. The van der Waals surface area contributed by atoms with E-state index in [1.54, 1.807) is 0 Å². The van der Waals surface area contributed by atoms with Gasteiger partial charge in [-0.05, 0) is 0 Å². The fourth-order valence-electron chi connectivity index (χ4n) is 3.48. The van der Waals surface area contributed by atoms with Crippen molar-refractivity contribution in [3.63, 3.8) is 0 Å². The van der Waals surface area contributed by atoms with E-state index in [1.165, 1.54) is 16.7 Å². The SMILES string of the molecule is Cc1ccc(C)c([O][Bi]([O]c2c(C)ccc(C)c2C)[O]c2c(C)ccc(C)c2C)c1C. The van der Waals surface area contributed by atoms with Crippen molar-refractivity contribution >= 4 is 23.1 Å². The molecule has 3 rings (SSSR count). The Balaban J connectivity index is 2.06. The third-order valence-electron chi connectivity index (χ3n) is 6.12. The molecule has 0 aliphatic rings. The van der Waals surface area contributed by atoms with E-state index in [1.807, 2.05) is 0 Å². The summed E-state index contributed by atoms with van der Waals surface area (Å²) in [6.07, 6.45) is 0. The summed E-state index contributed by atoms with van der Waals surface area (Å²) >= 11 is -3.45. The molecule has 0 fully saturated rings. The number of hydrogen-bond acceptors (Lipinski definition) is 3. The van der Waals surface area contributed by atoms with Crippen LogP contribution in [-0.4, -0.2) is 23.1 Å². The zero-order valence-corrected chi connectivity index (χ0v) is 23.6. The molecule has 0 N–H and O–H groups in total. The van der Waals surface area contributed by atoms with Crippen LogP contribution in [-0.2, 0) is 0 Å². The first-order valence-electron chi connectivity index (χ1n) is 10.6. The summed E-state index contributed by atoms with van der Waals surface area (Å²) in [6.45, 7) is 18.9. The normalized spacial score (nSPS) is 11.0. The molecule has 0 unspecified atom stereocenters. The zero-order chi connectivity index (χ0) is 22.9. The minimum absolute atomic E-state index is 0.892. The first-order chi connectivity index (χ1) is 14.6. The average Bonchev–Trinajstić information content (AvgIpc) is 2.73. The summed E-state index contributed by atoms with van der Waals surface area (Å²) in [7, 11) is 0. The number of benzene rings is 3. The van der Waals surface area contributed by atoms with Gasteiger partial charge in [-0.1, -0.05) is 0 Å². The number of rotatable bonds is 6. The van der Waals surface area contributed by atoms with Crippen molar-refractivity contribution in [3.05, 3.63) is 86.5 Å². The van der Waals surface area contributed by atoms with E-state index in [2.05, 4.69) is 98.7 Å². The molecular formula is C27H33BiO3. The predicted octanol–water partition coefficient (Wildman–Crippen LogP) is 6.98. The minimum atomic E-state index is -3.45. The predicted molar refractivity (Wildman–Crippen MR) is 130 cm³/mol. The van der Waals surface area contributed by atoms with E-state index < -0.39 is 23.1 Å². The van der Waals surface area contributed by atoms with Crippen LogP contribution in [0.1, 0.15) is 50.1 Å². The Morgan fingerprint density at radius 2 is 0.613 bits per heavy atom. The fraction of sp³-hybridized carbons (Fsp3) is 0.333. The Morgan fingerprint density at radius 3 is 0.871 bits per heavy atom. The summed E-state index contributed by atoms with van der Waals surface area (Å²) in [5, 5.41) is 0. The molecule has 0 amide bonds. The monoisotopic (exact) mass is 614 g/mol. The summed E-state index contributed by atoms with van der Waals surface area (Å²) in [5.41, 5.74) is 10.3. The van der Waals surface area contributed by atoms with Crippen molar-refractivity contribution < 1.29 is 8.44 Å². The molecule has 31 heavy (non-hydrogen) atoms. The topological polar surface area (TPSA) is 27.7 Å². The van der Waals surface area contributed by atoms with E-state index in [0.29, 0.717) is 0 Å². The van der Waals surface area contributed by atoms with Gasteiger partial charge in [0.1, 0.15) is 0 Å². The van der Waals surface area contributed by atoms with Gasteiger partial charge in [-0.3, -0.25) is 0 Å². The Labute approximate surface area is 196 Å². The molecule has 3 nitrogen and oxygen atoms in total. The second kappa shape index (κ2) is 9.61. The molecule has 0 heterocycles. The summed E-state index contributed by atoms with van der Waals surface area (Å²) in [5.74, 6) is 2.68. The van der Waals surface area contributed by atoms with Gasteiger partial charge in [-0.2, -0.15) is 0 Å². The van der Waals surface area contributed by atoms with Gasteiger partial charge in [0, 0.05) is 0 Å². The second-order valence-corrected chi connectivity index (χ2v) is 12.3. The van der Waals surface area contributed by atoms with Crippen LogP contribution in [0.3, 0.4) is 0 Å².